The Morgan fingerprint density at radius 2 is 1.92 bits per heavy atom. The third kappa shape index (κ3) is 5.88. The molecule has 8 nitrogen and oxygen atoms in total. The van der Waals surface area contributed by atoms with Gasteiger partial charge in [-0.05, 0) is 35.4 Å². The summed E-state index contributed by atoms with van der Waals surface area (Å²) in [7, 11) is 0. The third-order valence-corrected chi connectivity index (χ3v) is 6.89. The number of aromatic nitrogens is 2. The van der Waals surface area contributed by atoms with E-state index < -0.39 is 0 Å². The number of benzene rings is 2. The number of nitrogens with zero attached hydrogens (tertiary/aromatic N) is 2. The zero-order chi connectivity index (χ0) is 25.8. The van der Waals surface area contributed by atoms with E-state index in [9.17, 15) is 9.90 Å². The molecule has 192 valence electrons. The number of hydrogen-bond acceptors (Lipinski definition) is 6. The van der Waals surface area contributed by atoms with Crippen molar-refractivity contribution in [1.82, 2.24) is 20.2 Å². The quantitative estimate of drug-likeness (QED) is 0.282. The van der Waals surface area contributed by atoms with Crippen LogP contribution < -0.4 is 11.1 Å². The molecule has 3 heterocycles. The molecule has 4 aromatic rings. The second-order valence-corrected chi connectivity index (χ2v) is 9.63. The molecule has 37 heavy (non-hydrogen) atoms. The van der Waals surface area contributed by atoms with Gasteiger partial charge in [0.2, 0.25) is 5.91 Å². The summed E-state index contributed by atoms with van der Waals surface area (Å²) >= 11 is 6.44. The number of nitrogens with two attached hydrogens (primary N) is 1. The molecule has 0 radical (unpaired) electrons. The van der Waals surface area contributed by atoms with Crippen LogP contribution in [0.2, 0.25) is 5.02 Å². The van der Waals surface area contributed by atoms with Crippen LogP contribution in [0.25, 0.3) is 22.3 Å². The van der Waals surface area contributed by atoms with Crippen LogP contribution in [0.1, 0.15) is 16.7 Å². The van der Waals surface area contributed by atoms with Crippen LogP contribution >= 0.6 is 11.6 Å². The van der Waals surface area contributed by atoms with Crippen molar-refractivity contribution in [2.75, 3.05) is 45.1 Å². The van der Waals surface area contributed by atoms with Gasteiger partial charge in [-0.1, -0.05) is 41.9 Å². The SMILES string of the molecule is Nc1ccc2[nH]c(-c3cc(CC(=O)NCCN4CCOCC4)cc(Cl)c3O)c(Cc3ccccc3)c2n1. The summed E-state index contributed by atoms with van der Waals surface area (Å²) in [4.78, 5) is 22.9. The lowest BCUT2D eigenvalue weighted by molar-refractivity contribution is -0.120. The van der Waals surface area contributed by atoms with Crippen molar-refractivity contribution in [2.24, 2.45) is 0 Å². The van der Waals surface area contributed by atoms with Gasteiger partial charge in [-0.25, -0.2) is 4.98 Å². The van der Waals surface area contributed by atoms with Gasteiger partial charge in [0.05, 0.1) is 41.4 Å². The van der Waals surface area contributed by atoms with E-state index >= 15 is 0 Å². The van der Waals surface area contributed by atoms with E-state index in [1.807, 2.05) is 42.5 Å². The summed E-state index contributed by atoms with van der Waals surface area (Å²) in [5, 5.41) is 14.1. The maximum absolute atomic E-state index is 12.7. The first-order chi connectivity index (χ1) is 18.0. The standard InChI is InChI=1S/C28H30ClN5O3/c29-22-16-19(17-25(35)31-8-9-34-10-12-37-13-11-34)15-21(28(22)36)26-20(14-18-4-2-1-3-5-18)27-23(32-26)6-7-24(30)33-27/h1-7,15-16,32,36H,8-14,17H2,(H2,30,33)(H,31,35). The second-order valence-electron chi connectivity index (χ2n) is 9.23. The fraction of sp³-hybridized carbons (Fsp3) is 0.286. The van der Waals surface area contributed by atoms with Gasteiger partial charge in [-0.15, -0.1) is 0 Å². The Hall–Kier alpha value is -3.59. The van der Waals surface area contributed by atoms with Gasteiger partial charge in [0.1, 0.15) is 11.6 Å². The zero-order valence-corrected chi connectivity index (χ0v) is 21.2. The number of carbonyl (C=O) groups is 1. The molecule has 1 fully saturated rings. The lowest BCUT2D eigenvalue weighted by Crippen LogP contribution is -2.41. The summed E-state index contributed by atoms with van der Waals surface area (Å²) in [6, 6.07) is 17.1. The summed E-state index contributed by atoms with van der Waals surface area (Å²) in [6.45, 7) is 4.56. The number of fused-ring (bicyclic) bond motifs is 1. The number of carbonyl (C=O) groups excluding carboxylic acids is 1. The summed E-state index contributed by atoms with van der Waals surface area (Å²) in [5.41, 5.74) is 11.5. The van der Waals surface area contributed by atoms with E-state index in [4.69, 9.17) is 22.1 Å². The predicted octanol–water partition coefficient (Wildman–Crippen LogP) is 3.75. The van der Waals surface area contributed by atoms with Gasteiger partial charge < -0.3 is 25.9 Å². The fourth-order valence-corrected chi connectivity index (χ4v) is 4.95. The summed E-state index contributed by atoms with van der Waals surface area (Å²) < 4.78 is 5.37. The minimum absolute atomic E-state index is 0.0491. The highest BCUT2D eigenvalue weighted by atomic mass is 35.5. The molecule has 2 aromatic heterocycles. The molecule has 1 saturated heterocycles. The molecule has 1 amide bonds. The van der Waals surface area contributed by atoms with E-state index in [-0.39, 0.29) is 23.1 Å². The first kappa shape index (κ1) is 25.1. The molecule has 9 heteroatoms. The first-order valence-electron chi connectivity index (χ1n) is 12.4. The number of aromatic hydroxyl groups is 1. The number of rotatable bonds is 8. The van der Waals surface area contributed by atoms with Crippen LogP contribution in [0.5, 0.6) is 5.75 Å². The molecule has 0 atom stereocenters. The zero-order valence-electron chi connectivity index (χ0n) is 20.5. The number of hydrogen-bond donors (Lipinski definition) is 4. The Labute approximate surface area is 220 Å². The molecule has 2 aromatic carbocycles. The van der Waals surface area contributed by atoms with E-state index in [2.05, 4.69) is 20.2 Å². The van der Waals surface area contributed by atoms with Gasteiger partial charge in [-0.2, -0.15) is 0 Å². The van der Waals surface area contributed by atoms with Crippen LogP contribution in [0.3, 0.4) is 0 Å². The number of pyridine rings is 1. The van der Waals surface area contributed by atoms with E-state index in [1.165, 1.54) is 0 Å². The number of phenols is 1. The first-order valence-corrected chi connectivity index (χ1v) is 12.8. The van der Waals surface area contributed by atoms with Gasteiger partial charge >= 0.3 is 0 Å². The van der Waals surface area contributed by atoms with Crippen molar-refractivity contribution in [3.05, 3.63) is 76.3 Å². The molecular weight excluding hydrogens is 490 g/mol. The monoisotopic (exact) mass is 519 g/mol. The molecule has 0 bridgehead atoms. The lowest BCUT2D eigenvalue weighted by atomic mass is 9.98. The smallest absolute Gasteiger partial charge is 0.224 e. The molecule has 0 aliphatic carbocycles. The van der Waals surface area contributed by atoms with Gasteiger partial charge in [0.15, 0.2) is 0 Å². The number of anilines is 1. The highest BCUT2D eigenvalue weighted by Crippen LogP contribution is 2.40. The Morgan fingerprint density at radius 1 is 1.14 bits per heavy atom. The predicted molar refractivity (Wildman–Crippen MR) is 146 cm³/mol. The lowest BCUT2D eigenvalue weighted by Gasteiger charge is -2.26. The molecule has 0 unspecified atom stereocenters. The van der Waals surface area contributed by atoms with E-state index in [0.29, 0.717) is 35.6 Å². The Bertz CT molecular complexity index is 1400. The number of nitrogens with one attached hydrogen (secondary N) is 2. The Balaban J connectivity index is 1.42. The number of ether oxygens (including phenoxy) is 1. The average Bonchev–Trinajstić information content (AvgIpc) is 3.24. The van der Waals surface area contributed by atoms with Crippen molar-refractivity contribution in [3.8, 4) is 17.0 Å². The topological polar surface area (TPSA) is 116 Å². The molecule has 0 spiro atoms. The van der Waals surface area contributed by atoms with Crippen molar-refractivity contribution < 1.29 is 14.6 Å². The summed E-state index contributed by atoms with van der Waals surface area (Å²) in [6.07, 6.45) is 0.728. The normalized spacial score (nSPS) is 14.2. The van der Waals surface area contributed by atoms with Crippen LogP contribution in [0, 0.1) is 0 Å². The number of morpholine rings is 1. The minimum Gasteiger partial charge on any atom is -0.506 e. The van der Waals surface area contributed by atoms with Crippen LogP contribution in [-0.2, 0) is 22.4 Å². The average molecular weight is 520 g/mol. The van der Waals surface area contributed by atoms with Crippen molar-refractivity contribution in [1.29, 1.82) is 0 Å². The minimum atomic E-state index is -0.100. The van der Waals surface area contributed by atoms with Crippen LogP contribution in [-0.4, -0.2) is 65.3 Å². The number of amides is 1. The highest BCUT2D eigenvalue weighted by molar-refractivity contribution is 6.32. The third-order valence-electron chi connectivity index (χ3n) is 6.60. The van der Waals surface area contributed by atoms with E-state index in [0.717, 1.165) is 55.0 Å². The maximum Gasteiger partial charge on any atom is 0.224 e. The molecule has 5 N–H and O–H groups in total. The number of nitrogen functional groups attached to an aromatic ring is 1. The van der Waals surface area contributed by atoms with Crippen molar-refractivity contribution >= 4 is 34.4 Å². The van der Waals surface area contributed by atoms with Gasteiger partial charge in [0.25, 0.3) is 0 Å². The van der Waals surface area contributed by atoms with Crippen LogP contribution in [0.4, 0.5) is 5.82 Å². The number of halogens is 1. The largest absolute Gasteiger partial charge is 0.506 e. The van der Waals surface area contributed by atoms with E-state index in [1.54, 1.807) is 12.1 Å². The molecule has 1 aliphatic rings. The molecule has 0 saturated carbocycles. The molecule has 1 aliphatic heterocycles. The van der Waals surface area contributed by atoms with Gasteiger partial charge in [-0.3, -0.25) is 9.69 Å². The highest BCUT2D eigenvalue weighted by Gasteiger charge is 2.21. The number of H-pyrrole nitrogens is 1. The Kier molecular flexibility index (Phi) is 7.60. The molecular formula is C28H30ClN5O3. The van der Waals surface area contributed by atoms with Gasteiger partial charge in [0, 0.05) is 43.7 Å². The van der Waals surface area contributed by atoms with Crippen molar-refractivity contribution in [2.45, 2.75) is 12.8 Å². The van der Waals surface area contributed by atoms with Crippen molar-refractivity contribution in [3.63, 3.8) is 0 Å². The maximum atomic E-state index is 12.7. The molecule has 5 rings (SSSR count). The fourth-order valence-electron chi connectivity index (χ4n) is 4.71. The number of aromatic amines is 1. The number of phenolic OH excluding ortho intramolecular Hbond substituents is 1. The van der Waals surface area contributed by atoms with Crippen LogP contribution in [0.15, 0.2) is 54.6 Å². The summed E-state index contributed by atoms with van der Waals surface area (Å²) in [5.74, 6) is 0.265. The Morgan fingerprint density at radius 3 is 2.70 bits per heavy atom. The second kappa shape index (κ2) is 11.2.